The van der Waals surface area contributed by atoms with Crippen LogP contribution in [0.3, 0.4) is 0 Å². The molecular formula is C22H21ClFN5O. The molecule has 0 aliphatic carbocycles. The number of hydrogen-bond acceptors (Lipinski definition) is 5. The van der Waals surface area contributed by atoms with E-state index in [1.54, 1.807) is 12.3 Å². The first-order valence-electron chi connectivity index (χ1n) is 9.37. The summed E-state index contributed by atoms with van der Waals surface area (Å²) in [7, 11) is 0. The van der Waals surface area contributed by atoms with E-state index < -0.39 is 5.82 Å². The molecule has 30 heavy (non-hydrogen) atoms. The number of carbonyl (C=O) groups excluding carboxylic acids is 1. The molecule has 3 aromatic rings. The number of carbonyl (C=O) groups is 1. The Morgan fingerprint density at radius 2 is 2.00 bits per heavy atom. The quantitative estimate of drug-likeness (QED) is 0.540. The van der Waals surface area contributed by atoms with Crippen LogP contribution in [-0.4, -0.2) is 27.4 Å². The molecule has 2 aromatic heterocycles. The van der Waals surface area contributed by atoms with Crippen molar-refractivity contribution in [1.29, 1.82) is 0 Å². The molecule has 0 aliphatic rings. The van der Waals surface area contributed by atoms with Crippen molar-refractivity contribution in [3.63, 3.8) is 0 Å². The number of nitrogens with zero attached hydrogens (tertiary/aromatic N) is 3. The Labute approximate surface area is 179 Å². The van der Waals surface area contributed by atoms with E-state index in [0.29, 0.717) is 39.9 Å². The lowest BCUT2D eigenvalue weighted by Gasteiger charge is -2.15. The van der Waals surface area contributed by atoms with Gasteiger partial charge in [-0.1, -0.05) is 25.1 Å². The zero-order valence-corrected chi connectivity index (χ0v) is 17.4. The lowest BCUT2D eigenvalue weighted by Crippen LogP contribution is -2.25. The first kappa shape index (κ1) is 21.4. The molecule has 0 radical (unpaired) electrons. The summed E-state index contributed by atoms with van der Waals surface area (Å²) in [6.45, 7) is 8.31. The number of rotatable bonds is 7. The van der Waals surface area contributed by atoms with Crippen molar-refractivity contribution in [2.24, 2.45) is 0 Å². The lowest BCUT2D eigenvalue weighted by atomic mass is 10.0. The van der Waals surface area contributed by atoms with Gasteiger partial charge >= 0.3 is 0 Å². The van der Waals surface area contributed by atoms with E-state index in [-0.39, 0.29) is 11.5 Å². The molecule has 1 aromatic carbocycles. The summed E-state index contributed by atoms with van der Waals surface area (Å²) in [6.07, 6.45) is 5.19. The molecule has 0 atom stereocenters. The molecule has 3 rings (SSSR count). The van der Waals surface area contributed by atoms with Crippen molar-refractivity contribution in [2.45, 2.75) is 20.3 Å². The third-order valence-corrected chi connectivity index (χ3v) is 4.55. The monoisotopic (exact) mass is 425 g/mol. The minimum Gasteiger partial charge on any atom is -0.352 e. The molecule has 0 aliphatic heterocycles. The molecule has 6 nitrogen and oxygen atoms in total. The number of aromatic nitrogens is 3. The van der Waals surface area contributed by atoms with E-state index >= 15 is 0 Å². The van der Waals surface area contributed by atoms with Crippen molar-refractivity contribution in [3.8, 4) is 11.3 Å². The van der Waals surface area contributed by atoms with Gasteiger partial charge in [0, 0.05) is 35.1 Å². The summed E-state index contributed by atoms with van der Waals surface area (Å²) in [5, 5.41) is 6.37. The van der Waals surface area contributed by atoms with Gasteiger partial charge in [-0.3, -0.25) is 9.78 Å². The molecule has 0 bridgehead atoms. The molecule has 154 valence electrons. The highest BCUT2D eigenvalue weighted by Crippen LogP contribution is 2.32. The number of pyridine rings is 1. The smallest absolute Gasteiger partial charge is 0.256 e. The number of halogens is 2. The first-order chi connectivity index (χ1) is 14.4. The average Bonchev–Trinajstić information content (AvgIpc) is 2.74. The highest BCUT2D eigenvalue weighted by atomic mass is 35.5. The molecule has 0 fully saturated rings. The normalized spacial score (nSPS) is 10.5. The van der Waals surface area contributed by atoms with Crippen LogP contribution in [0.25, 0.3) is 16.8 Å². The molecule has 1 amide bonds. The number of allylic oxidation sites excluding steroid dienone is 1. The van der Waals surface area contributed by atoms with Crippen molar-refractivity contribution >= 4 is 34.6 Å². The van der Waals surface area contributed by atoms with Gasteiger partial charge in [0.25, 0.3) is 5.91 Å². The maximum Gasteiger partial charge on any atom is 0.256 e. The Bertz CT molecular complexity index is 1100. The molecular weight excluding hydrogens is 405 g/mol. The van der Waals surface area contributed by atoms with Crippen LogP contribution in [0.4, 0.5) is 15.9 Å². The third kappa shape index (κ3) is 4.80. The van der Waals surface area contributed by atoms with Crippen LogP contribution in [0.15, 0.2) is 49.6 Å². The predicted molar refractivity (Wildman–Crippen MR) is 117 cm³/mol. The summed E-state index contributed by atoms with van der Waals surface area (Å²) in [6, 6.07) is 5.95. The minimum absolute atomic E-state index is 0.266. The number of nitrogens with one attached hydrogen (secondary N) is 2. The maximum atomic E-state index is 14.4. The summed E-state index contributed by atoms with van der Waals surface area (Å²) in [5.74, 6) is -0.403. The average molecular weight is 426 g/mol. The van der Waals surface area contributed by atoms with Gasteiger partial charge in [-0.2, -0.15) is 0 Å². The summed E-state index contributed by atoms with van der Waals surface area (Å²) >= 11 is 6.03. The Kier molecular flexibility index (Phi) is 6.74. The SMILES string of the molecule is C=C(C)c1cnc(-c2cc(Cl)ccc2F)cc1Nc1ncncc1C(=O)NCCC. The minimum atomic E-state index is -0.442. The Morgan fingerprint density at radius 3 is 2.73 bits per heavy atom. The van der Waals surface area contributed by atoms with Crippen LogP contribution in [0.2, 0.25) is 5.02 Å². The van der Waals surface area contributed by atoms with Gasteiger partial charge in [-0.25, -0.2) is 14.4 Å². The Morgan fingerprint density at radius 1 is 1.20 bits per heavy atom. The molecule has 8 heteroatoms. The van der Waals surface area contributed by atoms with Gasteiger partial charge in [-0.05, 0) is 43.2 Å². The zero-order chi connectivity index (χ0) is 21.7. The predicted octanol–water partition coefficient (Wildman–Crippen LogP) is 5.25. The van der Waals surface area contributed by atoms with Gasteiger partial charge in [0.1, 0.15) is 23.5 Å². The van der Waals surface area contributed by atoms with Crippen LogP contribution in [0.5, 0.6) is 0 Å². The molecule has 2 heterocycles. The molecule has 2 N–H and O–H groups in total. The highest BCUT2D eigenvalue weighted by Gasteiger charge is 2.16. The standard InChI is InChI=1S/C22H21ClFN5O/c1-4-7-26-22(30)17-10-25-12-28-21(17)29-20-9-19(27-11-16(20)13(2)3)15-8-14(23)5-6-18(15)24/h5-6,8-12H,2,4,7H2,1,3H3,(H,26,30)(H,25,27,28,29). The second-order valence-corrected chi connectivity index (χ2v) is 7.12. The summed E-state index contributed by atoms with van der Waals surface area (Å²) < 4.78 is 14.4. The van der Waals surface area contributed by atoms with Crippen LogP contribution < -0.4 is 10.6 Å². The van der Waals surface area contributed by atoms with E-state index in [9.17, 15) is 9.18 Å². The molecule has 0 spiro atoms. The fourth-order valence-corrected chi connectivity index (χ4v) is 2.97. The van der Waals surface area contributed by atoms with Crippen molar-refractivity contribution < 1.29 is 9.18 Å². The first-order valence-corrected chi connectivity index (χ1v) is 9.75. The number of hydrogen-bond donors (Lipinski definition) is 2. The van der Waals surface area contributed by atoms with E-state index in [1.165, 1.54) is 30.7 Å². The summed E-state index contributed by atoms with van der Waals surface area (Å²) in [5.41, 5.74) is 2.98. The second-order valence-electron chi connectivity index (χ2n) is 6.69. The largest absolute Gasteiger partial charge is 0.352 e. The van der Waals surface area contributed by atoms with Crippen LogP contribution in [0.1, 0.15) is 36.2 Å². The number of benzene rings is 1. The van der Waals surface area contributed by atoms with Crippen molar-refractivity contribution in [2.75, 3.05) is 11.9 Å². The number of anilines is 2. The Hall–Kier alpha value is -3.32. The molecule has 0 unspecified atom stereocenters. The highest BCUT2D eigenvalue weighted by molar-refractivity contribution is 6.30. The van der Waals surface area contributed by atoms with E-state index in [0.717, 1.165) is 12.0 Å². The third-order valence-electron chi connectivity index (χ3n) is 4.31. The summed E-state index contributed by atoms with van der Waals surface area (Å²) in [4.78, 5) is 25.0. The number of amides is 1. The van der Waals surface area contributed by atoms with Gasteiger partial charge in [0.15, 0.2) is 0 Å². The fourth-order valence-electron chi connectivity index (χ4n) is 2.80. The van der Waals surface area contributed by atoms with E-state index in [2.05, 4.69) is 32.2 Å². The van der Waals surface area contributed by atoms with Gasteiger partial charge in [-0.15, -0.1) is 0 Å². The van der Waals surface area contributed by atoms with E-state index in [4.69, 9.17) is 11.6 Å². The maximum absolute atomic E-state index is 14.4. The topological polar surface area (TPSA) is 79.8 Å². The molecule has 0 saturated carbocycles. The Balaban J connectivity index is 2.05. The molecule has 0 saturated heterocycles. The van der Waals surface area contributed by atoms with Crippen LogP contribution in [0, 0.1) is 5.82 Å². The van der Waals surface area contributed by atoms with Gasteiger partial charge < -0.3 is 10.6 Å². The van der Waals surface area contributed by atoms with E-state index in [1.807, 2.05) is 13.8 Å². The second kappa shape index (κ2) is 9.45. The van der Waals surface area contributed by atoms with Crippen LogP contribution >= 0.6 is 11.6 Å². The van der Waals surface area contributed by atoms with Crippen molar-refractivity contribution in [1.82, 2.24) is 20.3 Å². The van der Waals surface area contributed by atoms with Gasteiger partial charge in [0.05, 0.1) is 11.4 Å². The van der Waals surface area contributed by atoms with Crippen LogP contribution in [-0.2, 0) is 0 Å². The fraction of sp³-hybridized carbons (Fsp3) is 0.182. The van der Waals surface area contributed by atoms with Gasteiger partial charge in [0.2, 0.25) is 0 Å². The lowest BCUT2D eigenvalue weighted by molar-refractivity contribution is 0.0954. The zero-order valence-electron chi connectivity index (χ0n) is 16.7. The van der Waals surface area contributed by atoms with Crippen molar-refractivity contribution in [3.05, 3.63) is 71.5 Å².